The first kappa shape index (κ1) is 23.1. The van der Waals surface area contributed by atoms with E-state index in [2.05, 4.69) is 4.72 Å². The summed E-state index contributed by atoms with van der Waals surface area (Å²) < 4.78 is 45.6. The summed E-state index contributed by atoms with van der Waals surface area (Å²) in [7, 11) is -3.73. The summed E-state index contributed by atoms with van der Waals surface area (Å²) >= 11 is 0. The molecule has 9 nitrogen and oxygen atoms in total. The monoisotopic (exact) mass is 488 g/mol. The summed E-state index contributed by atoms with van der Waals surface area (Å²) in [6.07, 6.45) is -0.573. The number of rotatable bonds is 6. The number of carbonyl (C=O) groups is 1. The molecule has 0 bridgehead atoms. The van der Waals surface area contributed by atoms with Crippen molar-refractivity contribution in [2.24, 2.45) is 0 Å². The fourth-order valence-corrected chi connectivity index (χ4v) is 5.97. The van der Waals surface area contributed by atoms with Crippen LogP contribution in [0.5, 0.6) is 5.75 Å². The highest BCUT2D eigenvalue weighted by atomic mass is 32.2. The molecule has 34 heavy (non-hydrogen) atoms. The quantitative estimate of drug-likeness (QED) is 0.637. The fourth-order valence-electron chi connectivity index (χ4n) is 4.90. The van der Waals surface area contributed by atoms with E-state index >= 15 is 0 Å². The second-order valence-corrected chi connectivity index (χ2v) is 10.5. The van der Waals surface area contributed by atoms with E-state index in [9.17, 15) is 18.3 Å². The van der Waals surface area contributed by atoms with Gasteiger partial charge in [0.15, 0.2) is 0 Å². The molecule has 4 atom stereocenters. The van der Waals surface area contributed by atoms with Gasteiger partial charge in [-0.1, -0.05) is 18.2 Å². The van der Waals surface area contributed by atoms with Gasteiger partial charge in [-0.25, -0.2) is 8.42 Å². The molecular weight excluding hydrogens is 460 g/mol. The van der Waals surface area contributed by atoms with Gasteiger partial charge in [0, 0.05) is 30.3 Å². The van der Waals surface area contributed by atoms with Crippen LogP contribution in [0.15, 0.2) is 53.4 Å². The van der Waals surface area contributed by atoms with Gasteiger partial charge in [-0.2, -0.15) is 0 Å². The number of aliphatic hydroxyl groups excluding tert-OH is 1. The zero-order valence-corrected chi connectivity index (χ0v) is 19.4. The second-order valence-electron chi connectivity index (χ2n) is 8.77. The van der Waals surface area contributed by atoms with E-state index in [1.807, 2.05) is 0 Å². The molecular formula is C24H28N2O7S. The van der Waals surface area contributed by atoms with Crippen LogP contribution in [0.3, 0.4) is 0 Å². The molecule has 3 aliphatic rings. The van der Waals surface area contributed by atoms with Crippen LogP contribution in [0.1, 0.15) is 24.3 Å². The number of hydrogen-bond acceptors (Lipinski definition) is 7. The number of nitrogens with one attached hydrogen (secondary N) is 1. The highest BCUT2D eigenvalue weighted by Crippen LogP contribution is 2.47. The second kappa shape index (κ2) is 9.53. The lowest BCUT2D eigenvalue weighted by molar-refractivity contribution is -0.151. The first-order valence-corrected chi connectivity index (χ1v) is 12.9. The highest BCUT2D eigenvalue weighted by Gasteiger charge is 2.46. The molecule has 2 fully saturated rings. The lowest BCUT2D eigenvalue weighted by Gasteiger charge is -2.38. The summed E-state index contributed by atoms with van der Waals surface area (Å²) in [5, 5.41) is 9.94. The number of hydrogen-bond donors (Lipinski definition) is 2. The van der Waals surface area contributed by atoms with Crippen molar-refractivity contribution in [3.63, 3.8) is 0 Å². The van der Waals surface area contributed by atoms with Gasteiger partial charge in [0.2, 0.25) is 5.91 Å². The molecule has 3 heterocycles. The van der Waals surface area contributed by atoms with Crippen molar-refractivity contribution in [2.45, 2.75) is 42.0 Å². The Morgan fingerprint density at radius 1 is 1.12 bits per heavy atom. The van der Waals surface area contributed by atoms with Crippen molar-refractivity contribution in [3.05, 3.63) is 54.1 Å². The van der Waals surface area contributed by atoms with Crippen LogP contribution >= 0.6 is 0 Å². The molecule has 10 heteroatoms. The van der Waals surface area contributed by atoms with E-state index in [0.717, 1.165) is 5.56 Å². The maximum absolute atomic E-state index is 12.8. The van der Waals surface area contributed by atoms with Crippen LogP contribution in [0.25, 0.3) is 0 Å². The zero-order valence-electron chi connectivity index (χ0n) is 18.6. The molecule has 182 valence electrons. The molecule has 5 rings (SSSR count). The van der Waals surface area contributed by atoms with Gasteiger partial charge < -0.3 is 24.2 Å². The van der Waals surface area contributed by atoms with Gasteiger partial charge in [-0.05, 0) is 36.8 Å². The number of anilines is 1. The van der Waals surface area contributed by atoms with Crippen LogP contribution in [-0.2, 0) is 24.3 Å². The molecule has 2 aromatic carbocycles. The van der Waals surface area contributed by atoms with Gasteiger partial charge in [-0.3, -0.25) is 9.52 Å². The maximum Gasteiger partial charge on any atom is 0.261 e. The Kier molecular flexibility index (Phi) is 6.48. The average molecular weight is 489 g/mol. The number of carbonyl (C=O) groups excluding carboxylic acids is 1. The summed E-state index contributed by atoms with van der Waals surface area (Å²) in [5.74, 6) is 0.524. The highest BCUT2D eigenvalue weighted by molar-refractivity contribution is 7.92. The molecule has 0 spiro atoms. The Bertz CT molecular complexity index is 1140. The predicted octanol–water partition coefficient (Wildman–Crippen LogP) is 1.73. The third-order valence-electron chi connectivity index (χ3n) is 6.57. The summed E-state index contributed by atoms with van der Waals surface area (Å²) in [4.78, 5) is 14.7. The Labute approximate surface area is 198 Å². The third-order valence-corrected chi connectivity index (χ3v) is 7.97. The molecule has 2 N–H and O–H groups in total. The lowest BCUT2D eigenvalue weighted by Crippen LogP contribution is -2.48. The summed E-state index contributed by atoms with van der Waals surface area (Å²) in [6, 6.07) is 13.3. The van der Waals surface area contributed by atoms with E-state index < -0.39 is 22.2 Å². The Balaban J connectivity index is 1.34. The van der Waals surface area contributed by atoms with Gasteiger partial charge in [0.25, 0.3) is 10.0 Å². The molecule has 1 amide bonds. The number of ether oxygens (including phenoxy) is 3. The summed E-state index contributed by atoms with van der Waals surface area (Å²) in [5.41, 5.74) is 1.28. The normalized spacial score (nSPS) is 26.3. The molecule has 2 saturated heterocycles. The van der Waals surface area contributed by atoms with Crippen LogP contribution in [-0.4, -0.2) is 75.6 Å². The van der Waals surface area contributed by atoms with E-state index in [4.69, 9.17) is 14.2 Å². The number of nitrogens with zero attached hydrogens (tertiary/aromatic N) is 1. The number of benzene rings is 2. The molecule has 0 aliphatic carbocycles. The number of aliphatic hydroxyl groups is 1. The molecule has 2 aromatic rings. The van der Waals surface area contributed by atoms with E-state index in [0.29, 0.717) is 44.2 Å². The van der Waals surface area contributed by atoms with Crippen molar-refractivity contribution in [2.75, 3.05) is 37.6 Å². The van der Waals surface area contributed by atoms with Crippen LogP contribution in [0.4, 0.5) is 5.69 Å². The van der Waals surface area contributed by atoms with Crippen molar-refractivity contribution < 1.29 is 32.5 Å². The van der Waals surface area contributed by atoms with Crippen LogP contribution in [0, 0.1) is 0 Å². The SMILES string of the molecule is O=C(C[C@H]1C[C@H]2c3cc(NS(=O)(=O)c4ccccc4)ccc3O[C@H]2[C@H](CO)O1)N1CCOCC1. The minimum atomic E-state index is -3.73. The largest absolute Gasteiger partial charge is 0.487 e. The number of fused-ring (bicyclic) bond motifs is 3. The van der Waals surface area contributed by atoms with Gasteiger partial charge in [-0.15, -0.1) is 0 Å². The fraction of sp³-hybridized carbons (Fsp3) is 0.458. The van der Waals surface area contributed by atoms with E-state index in [1.54, 1.807) is 41.3 Å². The van der Waals surface area contributed by atoms with Crippen molar-refractivity contribution >= 4 is 21.6 Å². The van der Waals surface area contributed by atoms with Crippen LogP contribution < -0.4 is 9.46 Å². The van der Waals surface area contributed by atoms with Crippen molar-refractivity contribution in [3.8, 4) is 5.75 Å². The Hall–Kier alpha value is -2.66. The van der Waals surface area contributed by atoms with E-state index in [-0.39, 0.29) is 35.9 Å². The Morgan fingerprint density at radius 2 is 1.88 bits per heavy atom. The summed E-state index contributed by atoms with van der Waals surface area (Å²) in [6.45, 7) is 1.97. The molecule has 3 aliphatic heterocycles. The third kappa shape index (κ3) is 4.63. The Morgan fingerprint density at radius 3 is 2.62 bits per heavy atom. The zero-order chi connectivity index (χ0) is 23.7. The maximum atomic E-state index is 12.8. The minimum Gasteiger partial charge on any atom is -0.487 e. The first-order chi connectivity index (χ1) is 16.4. The van der Waals surface area contributed by atoms with Crippen LogP contribution in [0.2, 0.25) is 0 Å². The van der Waals surface area contributed by atoms with Gasteiger partial charge >= 0.3 is 0 Å². The molecule has 0 unspecified atom stereocenters. The molecule has 0 saturated carbocycles. The number of amides is 1. The predicted molar refractivity (Wildman–Crippen MR) is 123 cm³/mol. The van der Waals surface area contributed by atoms with Gasteiger partial charge in [0.05, 0.1) is 37.2 Å². The standard InChI is InChI=1S/C24H28N2O7S/c27-15-22-24-20(13-17(32-22)14-23(28)26-8-10-31-11-9-26)19-12-16(6-7-21(19)33-24)25-34(29,30)18-4-2-1-3-5-18/h1-7,12,17,20,22,24-25,27H,8-11,13-15H2/t17-,20+,22+,24-/m1/s1. The number of morpholine rings is 1. The smallest absolute Gasteiger partial charge is 0.261 e. The van der Waals surface area contributed by atoms with Crippen molar-refractivity contribution in [1.82, 2.24) is 4.90 Å². The topological polar surface area (TPSA) is 114 Å². The first-order valence-electron chi connectivity index (χ1n) is 11.4. The number of sulfonamides is 1. The van der Waals surface area contributed by atoms with Gasteiger partial charge in [0.1, 0.15) is 18.0 Å². The lowest BCUT2D eigenvalue weighted by atomic mass is 9.84. The average Bonchev–Trinajstić information content (AvgIpc) is 3.22. The van der Waals surface area contributed by atoms with Crippen molar-refractivity contribution in [1.29, 1.82) is 0 Å². The van der Waals surface area contributed by atoms with E-state index in [1.165, 1.54) is 12.1 Å². The minimum absolute atomic E-state index is 0.00644. The molecule has 0 radical (unpaired) electrons. The molecule has 0 aromatic heterocycles.